The first kappa shape index (κ1) is 17.1. The SMILES string of the molecule is [C-]#[N+]c1ccc(-c2ccc(CNC(=O)c3cccc(O)c3O)cc2)cc1. The minimum atomic E-state index is -0.461. The van der Waals surface area contributed by atoms with Crippen molar-refractivity contribution in [2.24, 2.45) is 0 Å². The average Bonchev–Trinajstić information content (AvgIpc) is 2.69. The Hall–Kier alpha value is -3.78. The largest absolute Gasteiger partial charge is 0.504 e. The van der Waals surface area contributed by atoms with Crippen molar-refractivity contribution >= 4 is 11.6 Å². The summed E-state index contributed by atoms with van der Waals surface area (Å²) in [7, 11) is 0. The molecule has 0 aromatic heterocycles. The van der Waals surface area contributed by atoms with E-state index in [0.29, 0.717) is 12.2 Å². The average molecular weight is 344 g/mol. The fourth-order valence-electron chi connectivity index (χ4n) is 2.54. The molecule has 3 aromatic rings. The minimum Gasteiger partial charge on any atom is -0.504 e. The van der Waals surface area contributed by atoms with Gasteiger partial charge in [-0.25, -0.2) is 4.85 Å². The molecule has 3 rings (SSSR count). The minimum absolute atomic E-state index is 0.0292. The van der Waals surface area contributed by atoms with Gasteiger partial charge in [0.2, 0.25) is 0 Å². The maximum Gasteiger partial charge on any atom is 0.255 e. The molecule has 5 nitrogen and oxygen atoms in total. The molecule has 0 aliphatic rings. The lowest BCUT2D eigenvalue weighted by Crippen LogP contribution is -2.22. The summed E-state index contributed by atoms with van der Waals surface area (Å²) >= 11 is 0. The summed E-state index contributed by atoms with van der Waals surface area (Å²) in [6.07, 6.45) is 0. The second-order valence-electron chi connectivity index (χ2n) is 5.71. The number of nitrogens with zero attached hydrogens (tertiary/aromatic N) is 1. The molecule has 0 aliphatic carbocycles. The lowest BCUT2D eigenvalue weighted by atomic mass is 10.0. The number of amides is 1. The quantitative estimate of drug-likeness (QED) is 0.489. The number of para-hydroxylation sites is 1. The number of rotatable bonds is 4. The zero-order valence-corrected chi connectivity index (χ0v) is 13.8. The van der Waals surface area contributed by atoms with Gasteiger partial charge in [-0.1, -0.05) is 54.6 Å². The summed E-state index contributed by atoms with van der Waals surface area (Å²) in [6, 6.07) is 19.3. The van der Waals surface area contributed by atoms with Crippen molar-refractivity contribution in [1.82, 2.24) is 5.32 Å². The standard InChI is InChI=1S/C21H16N2O3/c1-22-17-11-9-16(10-12-17)15-7-5-14(6-8-15)13-23-21(26)18-3-2-4-19(24)20(18)25/h2-12,24-25H,13H2,(H,23,26). The first-order valence-corrected chi connectivity index (χ1v) is 7.94. The number of aromatic hydroxyl groups is 2. The number of phenols is 2. The van der Waals surface area contributed by atoms with Gasteiger partial charge in [0.15, 0.2) is 17.2 Å². The zero-order valence-electron chi connectivity index (χ0n) is 13.8. The van der Waals surface area contributed by atoms with Gasteiger partial charge in [0.1, 0.15) is 0 Å². The van der Waals surface area contributed by atoms with Crippen LogP contribution >= 0.6 is 0 Å². The van der Waals surface area contributed by atoms with Gasteiger partial charge < -0.3 is 15.5 Å². The molecular formula is C21H16N2O3. The molecule has 0 atom stereocenters. The number of benzene rings is 3. The predicted molar refractivity (Wildman–Crippen MR) is 99.1 cm³/mol. The second kappa shape index (κ2) is 7.41. The van der Waals surface area contributed by atoms with Crippen LogP contribution in [0.25, 0.3) is 16.0 Å². The van der Waals surface area contributed by atoms with Crippen LogP contribution in [0.4, 0.5) is 5.69 Å². The highest BCUT2D eigenvalue weighted by Gasteiger charge is 2.13. The molecule has 3 aromatic carbocycles. The van der Waals surface area contributed by atoms with Gasteiger partial charge in [-0.15, -0.1) is 0 Å². The fraction of sp³-hybridized carbons (Fsp3) is 0.0476. The molecule has 3 N–H and O–H groups in total. The van der Waals surface area contributed by atoms with Gasteiger partial charge in [0.25, 0.3) is 5.91 Å². The first-order chi connectivity index (χ1) is 12.6. The number of carbonyl (C=O) groups excluding carboxylic acids is 1. The summed E-state index contributed by atoms with van der Waals surface area (Å²) in [5, 5.41) is 21.9. The smallest absolute Gasteiger partial charge is 0.255 e. The molecule has 128 valence electrons. The monoisotopic (exact) mass is 344 g/mol. The lowest BCUT2D eigenvalue weighted by Gasteiger charge is -2.09. The molecule has 0 saturated heterocycles. The van der Waals surface area contributed by atoms with Crippen molar-refractivity contribution in [1.29, 1.82) is 0 Å². The third kappa shape index (κ3) is 3.65. The van der Waals surface area contributed by atoms with Gasteiger partial charge in [0, 0.05) is 6.54 Å². The Morgan fingerprint density at radius 3 is 2.15 bits per heavy atom. The van der Waals surface area contributed by atoms with Crippen molar-refractivity contribution < 1.29 is 15.0 Å². The third-order valence-corrected chi connectivity index (χ3v) is 4.00. The third-order valence-electron chi connectivity index (χ3n) is 4.00. The van der Waals surface area contributed by atoms with Crippen molar-refractivity contribution in [2.75, 3.05) is 0 Å². The van der Waals surface area contributed by atoms with Gasteiger partial charge >= 0.3 is 0 Å². The van der Waals surface area contributed by atoms with Crippen molar-refractivity contribution in [2.45, 2.75) is 6.54 Å². The molecule has 0 radical (unpaired) electrons. The highest BCUT2D eigenvalue weighted by molar-refractivity contribution is 5.97. The molecule has 0 fully saturated rings. The van der Waals surface area contributed by atoms with Crippen LogP contribution in [0.5, 0.6) is 11.5 Å². The Kier molecular flexibility index (Phi) is 4.86. The molecule has 0 unspecified atom stereocenters. The van der Waals surface area contributed by atoms with E-state index >= 15 is 0 Å². The summed E-state index contributed by atoms with van der Waals surface area (Å²) in [5.41, 5.74) is 3.56. The van der Waals surface area contributed by atoms with Crippen LogP contribution in [0.2, 0.25) is 0 Å². The highest BCUT2D eigenvalue weighted by Crippen LogP contribution is 2.28. The summed E-state index contributed by atoms with van der Waals surface area (Å²) < 4.78 is 0. The highest BCUT2D eigenvalue weighted by atomic mass is 16.3. The van der Waals surface area contributed by atoms with E-state index in [-0.39, 0.29) is 11.3 Å². The maximum absolute atomic E-state index is 12.1. The predicted octanol–water partition coefficient (Wildman–Crippen LogP) is 4.25. The maximum atomic E-state index is 12.1. The second-order valence-corrected chi connectivity index (χ2v) is 5.71. The molecule has 5 heteroatoms. The number of hydrogen-bond acceptors (Lipinski definition) is 3. The zero-order chi connectivity index (χ0) is 18.5. The van der Waals surface area contributed by atoms with Crippen molar-refractivity contribution in [3.63, 3.8) is 0 Å². The molecule has 0 bridgehead atoms. The van der Waals surface area contributed by atoms with Crippen LogP contribution in [-0.2, 0) is 6.54 Å². The molecular weight excluding hydrogens is 328 g/mol. The Bertz CT molecular complexity index is 972. The van der Waals surface area contributed by atoms with Crippen molar-refractivity contribution in [3.05, 3.63) is 89.3 Å². The van der Waals surface area contributed by atoms with E-state index in [4.69, 9.17) is 6.57 Å². The Morgan fingerprint density at radius 1 is 0.923 bits per heavy atom. The first-order valence-electron chi connectivity index (χ1n) is 7.94. The molecule has 0 spiro atoms. The van der Waals surface area contributed by atoms with E-state index < -0.39 is 11.7 Å². The Morgan fingerprint density at radius 2 is 1.54 bits per heavy atom. The van der Waals surface area contributed by atoms with Crippen LogP contribution < -0.4 is 5.32 Å². The summed E-state index contributed by atoms with van der Waals surface area (Å²) in [5.74, 6) is -1.22. The van der Waals surface area contributed by atoms with Crippen molar-refractivity contribution in [3.8, 4) is 22.6 Å². The van der Waals surface area contributed by atoms with E-state index in [0.717, 1.165) is 16.7 Å². The normalized spacial score (nSPS) is 10.1. The van der Waals surface area contributed by atoms with Crippen LogP contribution in [0.15, 0.2) is 66.7 Å². The van der Waals surface area contributed by atoms with Gasteiger partial charge in [-0.2, -0.15) is 0 Å². The van der Waals surface area contributed by atoms with E-state index in [1.807, 2.05) is 36.4 Å². The number of nitrogens with one attached hydrogen (secondary N) is 1. The molecule has 1 amide bonds. The fourth-order valence-corrected chi connectivity index (χ4v) is 2.54. The lowest BCUT2D eigenvalue weighted by molar-refractivity contribution is 0.0947. The summed E-state index contributed by atoms with van der Waals surface area (Å²) in [6.45, 7) is 7.27. The Balaban J connectivity index is 1.66. The van der Waals surface area contributed by atoms with Crippen LogP contribution in [0.3, 0.4) is 0 Å². The molecule has 0 saturated carbocycles. The van der Waals surface area contributed by atoms with Crippen LogP contribution in [0, 0.1) is 6.57 Å². The number of phenolic OH excluding ortho intramolecular Hbond substituents is 2. The Labute approximate surface area is 151 Å². The van der Waals surface area contributed by atoms with Crippen LogP contribution in [0.1, 0.15) is 15.9 Å². The van der Waals surface area contributed by atoms with E-state index in [9.17, 15) is 15.0 Å². The topological polar surface area (TPSA) is 73.9 Å². The molecule has 0 aliphatic heterocycles. The van der Waals surface area contributed by atoms with E-state index in [2.05, 4.69) is 10.2 Å². The molecule has 0 heterocycles. The van der Waals surface area contributed by atoms with E-state index in [1.165, 1.54) is 18.2 Å². The number of carbonyl (C=O) groups is 1. The van der Waals surface area contributed by atoms with Gasteiger partial charge in [-0.3, -0.25) is 4.79 Å². The van der Waals surface area contributed by atoms with E-state index in [1.54, 1.807) is 12.1 Å². The van der Waals surface area contributed by atoms with Gasteiger partial charge in [-0.05, 0) is 28.8 Å². The summed E-state index contributed by atoms with van der Waals surface area (Å²) in [4.78, 5) is 15.5. The molecule has 26 heavy (non-hydrogen) atoms. The van der Waals surface area contributed by atoms with Crippen LogP contribution in [-0.4, -0.2) is 16.1 Å². The van der Waals surface area contributed by atoms with Gasteiger partial charge in [0.05, 0.1) is 12.1 Å². The number of hydrogen-bond donors (Lipinski definition) is 3.